The van der Waals surface area contributed by atoms with E-state index in [4.69, 9.17) is 10.2 Å². The maximum atomic E-state index is 12.0. The fourth-order valence-electron chi connectivity index (χ4n) is 3.39. The first-order valence-corrected chi connectivity index (χ1v) is 7.98. The van der Waals surface area contributed by atoms with E-state index in [2.05, 4.69) is 0 Å². The molecule has 0 aliphatic heterocycles. The molecule has 1 saturated carbocycles. The van der Waals surface area contributed by atoms with Gasteiger partial charge in [-0.15, -0.1) is 0 Å². The van der Waals surface area contributed by atoms with Gasteiger partial charge in [0.2, 0.25) is 5.91 Å². The molecule has 1 amide bonds. The minimum absolute atomic E-state index is 0.103. The van der Waals surface area contributed by atoms with E-state index in [1.807, 2.05) is 49.4 Å². The Morgan fingerprint density at radius 2 is 1.92 bits per heavy atom. The summed E-state index contributed by atoms with van der Waals surface area (Å²) in [5.74, 6) is -0.233. The number of carbonyl (C=O) groups excluding carboxylic acids is 1. The maximum Gasteiger partial charge on any atom is 0.336 e. The number of hydrogen-bond acceptors (Lipinski definition) is 3. The van der Waals surface area contributed by atoms with Gasteiger partial charge in [-0.05, 0) is 42.0 Å². The summed E-state index contributed by atoms with van der Waals surface area (Å²) in [5, 5.41) is 0.893. The van der Waals surface area contributed by atoms with E-state index < -0.39 is 0 Å². The number of carbonyl (C=O) groups is 1. The molecule has 2 N–H and O–H groups in total. The van der Waals surface area contributed by atoms with Crippen LogP contribution in [-0.4, -0.2) is 5.91 Å². The van der Waals surface area contributed by atoms with Crippen molar-refractivity contribution in [2.45, 2.75) is 19.3 Å². The minimum atomic E-state index is -0.375. The van der Waals surface area contributed by atoms with Crippen molar-refractivity contribution in [2.75, 3.05) is 0 Å². The number of amides is 1. The van der Waals surface area contributed by atoms with Crippen molar-refractivity contribution in [1.82, 2.24) is 0 Å². The van der Waals surface area contributed by atoms with Crippen LogP contribution in [0.2, 0.25) is 0 Å². The molecular weight excluding hydrogens is 302 g/mol. The van der Waals surface area contributed by atoms with Crippen molar-refractivity contribution in [1.29, 1.82) is 0 Å². The Morgan fingerprint density at radius 1 is 1.12 bits per heavy atom. The average molecular weight is 319 g/mol. The van der Waals surface area contributed by atoms with Crippen LogP contribution in [0.1, 0.15) is 23.5 Å². The minimum Gasteiger partial charge on any atom is -0.423 e. The van der Waals surface area contributed by atoms with Gasteiger partial charge in [-0.25, -0.2) is 4.79 Å². The highest BCUT2D eigenvalue weighted by atomic mass is 16.4. The fraction of sp³-hybridized carbons (Fsp3) is 0.200. The van der Waals surface area contributed by atoms with E-state index in [0.29, 0.717) is 5.58 Å². The fourth-order valence-corrected chi connectivity index (χ4v) is 3.39. The molecule has 4 heteroatoms. The van der Waals surface area contributed by atoms with Gasteiger partial charge in [0.05, 0.1) is 0 Å². The molecule has 0 bridgehead atoms. The summed E-state index contributed by atoms with van der Waals surface area (Å²) in [6.45, 7) is 2.02. The highest BCUT2D eigenvalue weighted by Gasteiger charge is 2.42. The third-order valence-corrected chi connectivity index (χ3v) is 4.79. The Bertz CT molecular complexity index is 1020. The molecule has 0 spiro atoms. The van der Waals surface area contributed by atoms with Crippen LogP contribution in [0.5, 0.6) is 0 Å². The Balaban J connectivity index is 1.87. The molecule has 1 aliphatic rings. The first-order valence-electron chi connectivity index (χ1n) is 7.98. The van der Waals surface area contributed by atoms with E-state index in [1.54, 1.807) is 0 Å². The number of nitrogens with two attached hydrogens (primary N) is 1. The SMILES string of the molecule is Cc1ccccc1-c1cc(=O)oc2cc([C@@H]3CC3C(N)=O)ccc12. The molecule has 1 heterocycles. The smallest absolute Gasteiger partial charge is 0.336 e. The van der Waals surface area contributed by atoms with Crippen LogP contribution < -0.4 is 11.4 Å². The highest BCUT2D eigenvalue weighted by molar-refractivity contribution is 5.94. The number of fused-ring (bicyclic) bond motifs is 1. The Kier molecular flexibility index (Phi) is 3.27. The standard InChI is InChI=1S/C20H17NO3/c1-11-4-2-3-5-13(11)16-10-19(22)24-18-8-12(6-7-14(16)18)15-9-17(15)20(21)23/h2-8,10,15,17H,9H2,1H3,(H2,21,23)/t15-,17?/m0/s1. The summed E-state index contributed by atoms with van der Waals surface area (Å²) in [6.07, 6.45) is 0.766. The molecule has 3 aromatic rings. The summed E-state index contributed by atoms with van der Waals surface area (Å²) in [5.41, 5.74) is 9.53. The Morgan fingerprint density at radius 3 is 2.62 bits per heavy atom. The lowest BCUT2D eigenvalue weighted by molar-refractivity contribution is -0.119. The number of hydrogen-bond donors (Lipinski definition) is 1. The van der Waals surface area contributed by atoms with Crippen molar-refractivity contribution < 1.29 is 9.21 Å². The molecule has 4 rings (SSSR count). The van der Waals surface area contributed by atoms with Gasteiger partial charge in [-0.3, -0.25) is 4.79 Å². The van der Waals surface area contributed by atoms with Crippen LogP contribution in [0.15, 0.2) is 57.7 Å². The first kappa shape index (κ1) is 14.7. The van der Waals surface area contributed by atoms with Gasteiger partial charge >= 0.3 is 5.63 Å². The predicted octanol–water partition coefficient (Wildman–Crippen LogP) is 3.36. The van der Waals surface area contributed by atoms with Crippen LogP contribution in [0.25, 0.3) is 22.1 Å². The van der Waals surface area contributed by atoms with Gasteiger partial charge in [0.15, 0.2) is 0 Å². The first-order chi connectivity index (χ1) is 11.5. The molecule has 1 aromatic heterocycles. The van der Waals surface area contributed by atoms with Gasteiger partial charge in [-0.1, -0.05) is 36.4 Å². The number of primary amides is 1. The zero-order valence-electron chi connectivity index (χ0n) is 13.3. The van der Waals surface area contributed by atoms with E-state index in [1.165, 1.54) is 6.07 Å². The Hall–Kier alpha value is -2.88. The summed E-state index contributed by atoms with van der Waals surface area (Å²) in [7, 11) is 0. The largest absolute Gasteiger partial charge is 0.423 e. The maximum absolute atomic E-state index is 12.0. The zero-order valence-corrected chi connectivity index (χ0v) is 13.3. The number of aryl methyl sites for hydroxylation is 1. The van der Waals surface area contributed by atoms with Crippen LogP contribution in [0.4, 0.5) is 0 Å². The highest BCUT2D eigenvalue weighted by Crippen LogP contribution is 2.47. The van der Waals surface area contributed by atoms with Gasteiger partial charge in [0, 0.05) is 22.9 Å². The topological polar surface area (TPSA) is 73.3 Å². The third-order valence-electron chi connectivity index (χ3n) is 4.79. The summed E-state index contributed by atoms with van der Waals surface area (Å²) < 4.78 is 5.41. The molecule has 2 aromatic carbocycles. The van der Waals surface area contributed by atoms with Crippen molar-refractivity contribution in [3.05, 3.63) is 70.1 Å². The molecule has 0 saturated heterocycles. The third kappa shape index (κ3) is 2.40. The van der Waals surface area contributed by atoms with Crippen molar-refractivity contribution in [3.63, 3.8) is 0 Å². The molecule has 0 radical (unpaired) electrons. The van der Waals surface area contributed by atoms with E-state index in [9.17, 15) is 9.59 Å². The second kappa shape index (κ2) is 5.34. The molecule has 120 valence electrons. The van der Waals surface area contributed by atoms with Crippen LogP contribution >= 0.6 is 0 Å². The molecule has 1 unspecified atom stereocenters. The summed E-state index contributed by atoms with van der Waals surface area (Å²) in [6, 6.07) is 15.3. The second-order valence-corrected chi connectivity index (χ2v) is 6.40. The number of benzene rings is 2. The van der Waals surface area contributed by atoms with Crippen molar-refractivity contribution in [3.8, 4) is 11.1 Å². The molecule has 2 atom stereocenters. The second-order valence-electron chi connectivity index (χ2n) is 6.40. The van der Waals surface area contributed by atoms with Crippen LogP contribution in [0, 0.1) is 12.8 Å². The lowest BCUT2D eigenvalue weighted by atomic mass is 9.96. The summed E-state index contributed by atoms with van der Waals surface area (Å²) >= 11 is 0. The van der Waals surface area contributed by atoms with E-state index in [0.717, 1.165) is 34.1 Å². The lowest BCUT2D eigenvalue weighted by Gasteiger charge is -2.09. The molecule has 24 heavy (non-hydrogen) atoms. The zero-order chi connectivity index (χ0) is 16.8. The lowest BCUT2D eigenvalue weighted by Crippen LogP contribution is -2.13. The van der Waals surface area contributed by atoms with Crippen LogP contribution in [-0.2, 0) is 4.79 Å². The normalized spacial score (nSPS) is 19.4. The molecule has 1 aliphatic carbocycles. The Labute approximate surface area is 138 Å². The quantitative estimate of drug-likeness (QED) is 0.752. The van der Waals surface area contributed by atoms with E-state index >= 15 is 0 Å². The number of rotatable bonds is 3. The van der Waals surface area contributed by atoms with E-state index in [-0.39, 0.29) is 23.4 Å². The predicted molar refractivity (Wildman–Crippen MR) is 92.7 cm³/mol. The molecule has 1 fully saturated rings. The molecule has 4 nitrogen and oxygen atoms in total. The van der Waals surface area contributed by atoms with Gasteiger partial charge in [0.25, 0.3) is 0 Å². The van der Waals surface area contributed by atoms with Crippen LogP contribution in [0.3, 0.4) is 0 Å². The van der Waals surface area contributed by atoms with Crippen molar-refractivity contribution in [2.24, 2.45) is 11.7 Å². The van der Waals surface area contributed by atoms with Gasteiger partial charge < -0.3 is 10.2 Å². The monoisotopic (exact) mass is 319 g/mol. The van der Waals surface area contributed by atoms with Gasteiger partial charge in [-0.2, -0.15) is 0 Å². The average Bonchev–Trinajstić information content (AvgIpc) is 3.35. The van der Waals surface area contributed by atoms with Crippen molar-refractivity contribution >= 4 is 16.9 Å². The molecular formula is C20H17NO3. The van der Waals surface area contributed by atoms with Gasteiger partial charge in [0.1, 0.15) is 5.58 Å². The summed E-state index contributed by atoms with van der Waals surface area (Å²) in [4.78, 5) is 23.3.